The van der Waals surface area contributed by atoms with Crippen molar-refractivity contribution in [3.63, 3.8) is 0 Å². The molecule has 0 fully saturated rings. The van der Waals surface area contributed by atoms with Gasteiger partial charge in [-0.05, 0) is 54.7 Å². The fourth-order valence-corrected chi connectivity index (χ4v) is 4.00. The van der Waals surface area contributed by atoms with Crippen LogP contribution in [0, 0.1) is 13.8 Å². The monoisotopic (exact) mass is 360 g/mol. The molecule has 4 nitrogen and oxygen atoms in total. The first-order chi connectivity index (χ1) is 11.8. The average molecular weight is 360 g/mol. The van der Waals surface area contributed by atoms with Crippen LogP contribution >= 0.6 is 0 Å². The second-order valence-corrected chi connectivity index (χ2v) is 8.92. The van der Waals surface area contributed by atoms with Gasteiger partial charge in [0.1, 0.15) is 21.3 Å². The minimum atomic E-state index is -2.94. The topological polar surface area (TPSA) is 52.6 Å². The number of para-hydroxylation sites is 1. The molecule has 0 spiro atoms. The molecule has 0 aromatic heterocycles. The predicted molar refractivity (Wildman–Crippen MR) is 100 cm³/mol. The molecule has 134 valence electrons. The Balaban J connectivity index is 1.81. The summed E-state index contributed by atoms with van der Waals surface area (Å²) in [5.41, 5.74) is 5.83. The summed E-state index contributed by atoms with van der Waals surface area (Å²) < 4.78 is 34.0. The van der Waals surface area contributed by atoms with E-state index in [1.165, 1.54) is 17.4 Å². The summed E-state index contributed by atoms with van der Waals surface area (Å²) in [5.74, 6) is 1.92. The molecule has 0 amide bonds. The Hall–Kier alpha value is -2.01. The molecule has 1 aliphatic heterocycles. The van der Waals surface area contributed by atoms with Crippen LogP contribution in [0.25, 0.3) is 11.1 Å². The summed E-state index contributed by atoms with van der Waals surface area (Å²) in [6.07, 6.45) is 2.71. The molecule has 0 aliphatic carbocycles. The van der Waals surface area contributed by atoms with Crippen molar-refractivity contribution in [1.29, 1.82) is 0 Å². The zero-order chi connectivity index (χ0) is 18.0. The van der Waals surface area contributed by atoms with Gasteiger partial charge in [0, 0.05) is 18.2 Å². The van der Waals surface area contributed by atoms with Gasteiger partial charge in [0.15, 0.2) is 0 Å². The molecule has 0 unspecified atom stereocenters. The third kappa shape index (κ3) is 4.15. The Morgan fingerprint density at radius 1 is 1.16 bits per heavy atom. The van der Waals surface area contributed by atoms with Gasteiger partial charge in [-0.15, -0.1) is 0 Å². The van der Waals surface area contributed by atoms with E-state index in [1.54, 1.807) is 0 Å². The highest BCUT2D eigenvalue weighted by atomic mass is 32.2. The van der Waals surface area contributed by atoms with Crippen molar-refractivity contribution in [3.05, 3.63) is 47.0 Å². The van der Waals surface area contributed by atoms with E-state index in [0.29, 0.717) is 13.0 Å². The molecule has 1 heterocycles. The molecule has 0 radical (unpaired) electrons. The summed E-state index contributed by atoms with van der Waals surface area (Å²) in [6.45, 7) is 5.28. The molecule has 2 aromatic rings. The SMILES string of the molecule is Cc1cc(OCCCS(C)(=O)=O)cc(C)c1-c1cccc2c1OCC2. The van der Waals surface area contributed by atoms with E-state index >= 15 is 0 Å². The lowest BCUT2D eigenvalue weighted by Crippen LogP contribution is -2.08. The molecular weight excluding hydrogens is 336 g/mol. The smallest absolute Gasteiger partial charge is 0.147 e. The van der Waals surface area contributed by atoms with E-state index in [-0.39, 0.29) is 5.75 Å². The van der Waals surface area contributed by atoms with Gasteiger partial charge in [0.05, 0.1) is 19.0 Å². The fraction of sp³-hybridized carbons (Fsp3) is 0.400. The van der Waals surface area contributed by atoms with Crippen LogP contribution in [0.2, 0.25) is 0 Å². The summed E-state index contributed by atoms with van der Waals surface area (Å²) >= 11 is 0. The summed E-state index contributed by atoms with van der Waals surface area (Å²) in [7, 11) is -2.94. The van der Waals surface area contributed by atoms with Gasteiger partial charge in [-0.2, -0.15) is 0 Å². The molecule has 5 heteroatoms. The highest BCUT2D eigenvalue weighted by molar-refractivity contribution is 7.90. The molecule has 0 N–H and O–H groups in total. The number of benzene rings is 2. The number of ether oxygens (including phenoxy) is 2. The molecule has 0 saturated carbocycles. The van der Waals surface area contributed by atoms with Crippen molar-refractivity contribution in [2.75, 3.05) is 25.2 Å². The van der Waals surface area contributed by atoms with Crippen molar-refractivity contribution in [2.24, 2.45) is 0 Å². The maximum atomic E-state index is 11.2. The molecular formula is C20H24O4S. The van der Waals surface area contributed by atoms with Crippen LogP contribution in [0.15, 0.2) is 30.3 Å². The number of hydrogen-bond donors (Lipinski definition) is 0. The summed E-state index contributed by atoms with van der Waals surface area (Å²) in [4.78, 5) is 0. The van der Waals surface area contributed by atoms with Crippen LogP contribution in [0.3, 0.4) is 0 Å². The van der Waals surface area contributed by atoms with Gasteiger partial charge in [0.2, 0.25) is 0 Å². The second-order valence-electron chi connectivity index (χ2n) is 6.66. The van der Waals surface area contributed by atoms with E-state index < -0.39 is 9.84 Å². The minimum absolute atomic E-state index is 0.149. The van der Waals surface area contributed by atoms with Gasteiger partial charge in [-0.3, -0.25) is 0 Å². The van der Waals surface area contributed by atoms with Crippen molar-refractivity contribution < 1.29 is 17.9 Å². The summed E-state index contributed by atoms with van der Waals surface area (Å²) in [5, 5.41) is 0. The zero-order valence-corrected chi connectivity index (χ0v) is 15.8. The second kappa shape index (κ2) is 7.08. The maximum absolute atomic E-state index is 11.2. The van der Waals surface area contributed by atoms with Crippen molar-refractivity contribution in [1.82, 2.24) is 0 Å². The highest BCUT2D eigenvalue weighted by Gasteiger charge is 2.19. The third-order valence-corrected chi connectivity index (χ3v) is 5.45. The standard InChI is InChI=1S/C20H24O4S/c1-14-12-17(23-9-5-11-25(3,21)22)13-15(2)19(14)18-7-4-6-16-8-10-24-20(16)18/h4,6-7,12-13H,5,8-11H2,1-3H3. The van der Waals surface area contributed by atoms with Gasteiger partial charge in [-0.1, -0.05) is 18.2 Å². The van der Waals surface area contributed by atoms with Gasteiger partial charge >= 0.3 is 0 Å². The van der Waals surface area contributed by atoms with Gasteiger partial charge in [0.25, 0.3) is 0 Å². The predicted octanol–water partition coefficient (Wildman–Crippen LogP) is 3.72. The first-order valence-corrected chi connectivity index (χ1v) is 10.6. The van der Waals surface area contributed by atoms with Crippen LogP contribution in [-0.2, 0) is 16.3 Å². The van der Waals surface area contributed by atoms with E-state index in [9.17, 15) is 8.42 Å². The van der Waals surface area contributed by atoms with Crippen molar-refractivity contribution >= 4 is 9.84 Å². The van der Waals surface area contributed by atoms with Crippen LogP contribution in [0.1, 0.15) is 23.1 Å². The molecule has 0 saturated heterocycles. The van der Waals surface area contributed by atoms with E-state index in [1.807, 2.05) is 12.1 Å². The summed E-state index contributed by atoms with van der Waals surface area (Å²) in [6, 6.07) is 10.3. The first-order valence-electron chi connectivity index (χ1n) is 8.52. The number of aryl methyl sites for hydroxylation is 2. The van der Waals surface area contributed by atoms with Crippen molar-refractivity contribution in [2.45, 2.75) is 26.7 Å². The Bertz CT molecular complexity index is 862. The molecule has 2 aromatic carbocycles. The average Bonchev–Trinajstić information content (AvgIpc) is 2.99. The van der Waals surface area contributed by atoms with Crippen LogP contribution < -0.4 is 9.47 Å². The molecule has 0 atom stereocenters. The number of hydrogen-bond acceptors (Lipinski definition) is 4. The lowest BCUT2D eigenvalue weighted by molar-refractivity contribution is 0.317. The van der Waals surface area contributed by atoms with E-state index in [2.05, 4.69) is 32.0 Å². The van der Waals surface area contributed by atoms with E-state index in [4.69, 9.17) is 9.47 Å². The Kier molecular flexibility index (Phi) is 5.04. The number of sulfone groups is 1. The van der Waals surface area contributed by atoms with Crippen LogP contribution in [0.5, 0.6) is 11.5 Å². The molecule has 3 rings (SSSR count). The highest BCUT2D eigenvalue weighted by Crippen LogP contribution is 2.40. The number of rotatable bonds is 6. The largest absolute Gasteiger partial charge is 0.494 e. The molecule has 0 bridgehead atoms. The van der Waals surface area contributed by atoms with Crippen LogP contribution in [0.4, 0.5) is 0 Å². The quantitative estimate of drug-likeness (QED) is 0.737. The molecule has 1 aliphatic rings. The molecule has 25 heavy (non-hydrogen) atoms. The first kappa shape index (κ1) is 17.8. The minimum Gasteiger partial charge on any atom is -0.494 e. The lowest BCUT2D eigenvalue weighted by atomic mass is 9.93. The third-order valence-electron chi connectivity index (χ3n) is 4.42. The van der Waals surface area contributed by atoms with Crippen LogP contribution in [-0.4, -0.2) is 33.6 Å². The maximum Gasteiger partial charge on any atom is 0.147 e. The Labute approximate surface area is 149 Å². The van der Waals surface area contributed by atoms with Gasteiger partial charge < -0.3 is 9.47 Å². The van der Waals surface area contributed by atoms with Gasteiger partial charge in [-0.25, -0.2) is 8.42 Å². The Morgan fingerprint density at radius 3 is 2.56 bits per heavy atom. The number of fused-ring (bicyclic) bond motifs is 1. The lowest BCUT2D eigenvalue weighted by Gasteiger charge is -2.16. The Morgan fingerprint density at radius 2 is 1.88 bits per heavy atom. The van der Waals surface area contributed by atoms with E-state index in [0.717, 1.165) is 41.2 Å². The fourth-order valence-electron chi connectivity index (χ4n) is 3.36. The zero-order valence-electron chi connectivity index (χ0n) is 15.0. The normalized spacial score (nSPS) is 13.4. The van der Waals surface area contributed by atoms with Crippen molar-refractivity contribution in [3.8, 4) is 22.6 Å².